The van der Waals surface area contributed by atoms with Gasteiger partial charge in [0.2, 0.25) is 5.88 Å². The Bertz CT molecular complexity index is 302. The lowest BCUT2D eigenvalue weighted by Crippen LogP contribution is -2.28. The van der Waals surface area contributed by atoms with Crippen molar-refractivity contribution in [2.24, 2.45) is 0 Å². The van der Waals surface area contributed by atoms with Crippen molar-refractivity contribution in [3.63, 3.8) is 0 Å². The van der Waals surface area contributed by atoms with Crippen molar-refractivity contribution in [1.82, 2.24) is 15.3 Å². The SMILES string of the molecule is Clc1cncnc1OCC1CCCN1. The molecule has 5 heteroatoms. The zero-order valence-corrected chi connectivity index (χ0v) is 8.50. The number of hydrogen-bond acceptors (Lipinski definition) is 4. The van der Waals surface area contributed by atoms with Crippen LogP contribution in [0.3, 0.4) is 0 Å². The Kier molecular flexibility index (Phi) is 3.16. The predicted octanol–water partition coefficient (Wildman–Crippen LogP) is 1.26. The first-order valence-corrected chi connectivity index (χ1v) is 5.06. The van der Waals surface area contributed by atoms with E-state index in [-0.39, 0.29) is 0 Å². The lowest BCUT2D eigenvalue weighted by molar-refractivity contribution is 0.267. The fourth-order valence-electron chi connectivity index (χ4n) is 1.49. The van der Waals surface area contributed by atoms with Crippen LogP contribution in [0.4, 0.5) is 0 Å². The Balaban J connectivity index is 1.88. The van der Waals surface area contributed by atoms with E-state index in [2.05, 4.69) is 15.3 Å². The van der Waals surface area contributed by atoms with Crippen LogP contribution in [0.15, 0.2) is 12.5 Å². The van der Waals surface area contributed by atoms with Crippen LogP contribution in [-0.4, -0.2) is 29.2 Å². The quantitative estimate of drug-likeness (QED) is 0.821. The van der Waals surface area contributed by atoms with E-state index in [9.17, 15) is 0 Å². The summed E-state index contributed by atoms with van der Waals surface area (Å²) in [6.07, 6.45) is 5.34. The second-order valence-corrected chi connectivity index (χ2v) is 3.69. The Morgan fingerprint density at radius 3 is 3.29 bits per heavy atom. The summed E-state index contributed by atoms with van der Waals surface area (Å²) < 4.78 is 5.48. The zero-order chi connectivity index (χ0) is 9.80. The molecule has 0 aromatic carbocycles. The number of nitrogens with one attached hydrogen (secondary N) is 1. The molecule has 1 atom stereocenters. The maximum Gasteiger partial charge on any atom is 0.235 e. The minimum absolute atomic E-state index is 0.432. The van der Waals surface area contributed by atoms with Crippen LogP contribution in [0.5, 0.6) is 5.88 Å². The smallest absolute Gasteiger partial charge is 0.235 e. The first-order valence-electron chi connectivity index (χ1n) is 4.68. The molecule has 1 unspecified atom stereocenters. The number of rotatable bonds is 3. The summed E-state index contributed by atoms with van der Waals surface area (Å²) >= 11 is 5.84. The van der Waals surface area contributed by atoms with Gasteiger partial charge >= 0.3 is 0 Å². The second-order valence-electron chi connectivity index (χ2n) is 3.28. The molecule has 1 aliphatic heterocycles. The van der Waals surface area contributed by atoms with E-state index in [4.69, 9.17) is 16.3 Å². The lowest BCUT2D eigenvalue weighted by atomic mass is 10.2. The topological polar surface area (TPSA) is 47.0 Å². The third-order valence-corrected chi connectivity index (χ3v) is 2.48. The first-order chi connectivity index (χ1) is 6.86. The van der Waals surface area contributed by atoms with E-state index in [0.717, 1.165) is 13.0 Å². The Morgan fingerprint density at radius 1 is 1.64 bits per heavy atom. The summed E-state index contributed by atoms with van der Waals surface area (Å²) in [6.45, 7) is 1.70. The third-order valence-electron chi connectivity index (χ3n) is 2.22. The highest BCUT2D eigenvalue weighted by atomic mass is 35.5. The van der Waals surface area contributed by atoms with Gasteiger partial charge < -0.3 is 10.1 Å². The van der Waals surface area contributed by atoms with Crippen molar-refractivity contribution in [3.8, 4) is 5.88 Å². The van der Waals surface area contributed by atoms with Crippen molar-refractivity contribution in [2.45, 2.75) is 18.9 Å². The van der Waals surface area contributed by atoms with Gasteiger partial charge in [-0.1, -0.05) is 11.6 Å². The average Bonchev–Trinajstić information content (AvgIpc) is 2.69. The van der Waals surface area contributed by atoms with Gasteiger partial charge in [-0.3, -0.25) is 0 Å². The average molecular weight is 214 g/mol. The van der Waals surface area contributed by atoms with Gasteiger partial charge in [0, 0.05) is 6.04 Å². The molecular formula is C9H12ClN3O. The molecule has 1 N–H and O–H groups in total. The molecule has 1 fully saturated rings. The number of hydrogen-bond donors (Lipinski definition) is 1. The molecule has 1 aromatic rings. The normalized spacial score (nSPS) is 21.1. The third kappa shape index (κ3) is 2.33. The number of aromatic nitrogens is 2. The Hall–Kier alpha value is -0.870. The van der Waals surface area contributed by atoms with Crippen LogP contribution >= 0.6 is 11.6 Å². The van der Waals surface area contributed by atoms with Crippen LogP contribution in [0.25, 0.3) is 0 Å². The van der Waals surface area contributed by atoms with Crippen molar-refractivity contribution >= 4 is 11.6 Å². The van der Waals surface area contributed by atoms with E-state index >= 15 is 0 Å². The van der Waals surface area contributed by atoms with Crippen LogP contribution in [0.2, 0.25) is 5.02 Å². The summed E-state index contributed by atoms with van der Waals surface area (Å²) in [7, 11) is 0. The molecule has 2 rings (SSSR count). The predicted molar refractivity (Wildman–Crippen MR) is 53.6 cm³/mol. The summed E-state index contributed by atoms with van der Waals surface area (Å²) in [4.78, 5) is 7.73. The standard InChI is InChI=1S/C9H12ClN3O/c10-8-4-11-6-13-9(8)14-5-7-2-1-3-12-7/h4,6-7,12H,1-3,5H2. The van der Waals surface area contributed by atoms with Crippen molar-refractivity contribution in [1.29, 1.82) is 0 Å². The van der Waals surface area contributed by atoms with Gasteiger partial charge in [-0.15, -0.1) is 0 Å². The first kappa shape index (κ1) is 9.68. The Labute approximate surface area is 87.7 Å². The number of nitrogens with zero attached hydrogens (tertiary/aromatic N) is 2. The monoisotopic (exact) mass is 213 g/mol. The molecule has 1 saturated heterocycles. The highest BCUT2D eigenvalue weighted by molar-refractivity contribution is 6.31. The molecular weight excluding hydrogens is 202 g/mol. The molecule has 76 valence electrons. The summed E-state index contributed by atoms with van der Waals surface area (Å²) in [5.41, 5.74) is 0. The lowest BCUT2D eigenvalue weighted by Gasteiger charge is -2.11. The van der Waals surface area contributed by atoms with Crippen LogP contribution < -0.4 is 10.1 Å². The molecule has 4 nitrogen and oxygen atoms in total. The van der Waals surface area contributed by atoms with E-state index in [1.807, 2.05) is 0 Å². The molecule has 14 heavy (non-hydrogen) atoms. The highest BCUT2D eigenvalue weighted by Crippen LogP contribution is 2.19. The van der Waals surface area contributed by atoms with Crippen LogP contribution in [-0.2, 0) is 0 Å². The highest BCUT2D eigenvalue weighted by Gasteiger charge is 2.15. The van der Waals surface area contributed by atoms with Crippen LogP contribution in [0, 0.1) is 0 Å². The molecule has 0 saturated carbocycles. The Morgan fingerprint density at radius 2 is 2.57 bits per heavy atom. The largest absolute Gasteiger partial charge is 0.475 e. The molecule has 0 radical (unpaired) electrons. The van der Waals surface area contributed by atoms with Crippen molar-refractivity contribution in [2.75, 3.05) is 13.2 Å². The van der Waals surface area contributed by atoms with E-state index < -0.39 is 0 Å². The van der Waals surface area contributed by atoms with E-state index in [1.165, 1.54) is 18.9 Å². The maximum absolute atomic E-state index is 5.84. The van der Waals surface area contributed by atoms with Crippen molar-refractivity contribution in [3.05, 3.63) is 17.5 Å². The molecule has 2 heterocycles. The van der Waals surface area contributed by atoms with E-state index in [1.54, 1.807) is 0 Å². The molecule has 1 aromatic heterocycles. The van der Waals surface area contributed by atoms with Gasteiger partial charge in [0.15, 0.2) is 0 Å². The minimum Gasteiger partial charge on any atom is -0.475 e. The van der Waals surface area contributed by atoms with Gasteiger partial charge in [0.05, 0.1) is 6.20 Å². The molecule has 0 bridgehead atoms. The fourth-order valence-corrected chi connectivity index (χ4v) is 1.65. The second kappa shape index (κ2) is 4.57. The minimum atomic E-state index is 0.432. The van der Waals surface area contributed by atoms with Gasteiger partial charge in [0.25, 0.3) is 0 Å². The van der Waals surface area contributed by atoms with Crippen LogP contribution in [0.1, 0.15) is 12.8 Å². The fraction of sp³-hybridized carbons (Fsp3) is 0.556. The van der Waals surface area contributed by atoms with Gasteiger partial charge in [0.1, 0.15) is 18.0 Å². The molecule has 0 amide bonds. The number of ether oxygens (including phenoxy) is 1. The maximum atomic E-state index is 5.84. The summed E-state index contributed by atoms with van der Waals surface area (Å²) in [6, 6.07) is 0.432. The summed E-state index contributed by atoms with van der Waals surface area (Å²) in [5, 5.41) is 3.80. The summed E-state index contributed by atoms with van der Waals surface area (Å²) in [5.74, 6) is 0.468. The van der Waals surface area contributed by atoms with E-state index in [0.29, 0.717) is 23.6 Å². The molecule has 0 aliphatic carbocycles. The molecule has 1 aliphatic rings. The molecule has 0 spiro atoms. The zero-order valence-electron chi connectivity index (χ0n) is 7.74. The van der Waals surface area contributed by atoms with Gasteiger partial charge in [-0.2, -0.15) is 0 Å². The van der Waals surface area contributed by atoms with Crippen molar-refractivity contribution < 1.29 is 4.74 Å². The van der Waals surface area contributed by atoms with Gasteiger partial charge in [-0.25, -0.2) is 9.97 Å². The van der Waals surface area contributed by atoms with Gasteiger partial charge in [-0.05, 0) is 19.4 Å². The number of halogens is 1.